The topological polar surface area (TPSA) is 40.5 Å². The second-order valence-electron chi connectivity index (χ2n) is 8.71. The van der Waals surface area contributed by atoms with Crippen LogP contribution in [-0.4, -0.2) is 10.5 Å². The van der Waals surface area contributed by atoms with E-state index < -0.39 is 11.7 Å². The number of fused-ring (bicyclic) bond motifs is 7. The van der Waals surface area contributed by atoms with Gasteiger partial charge in [0.2, 0.25) is 5.72 Å². The van der Waals surface area contributed by atoms with Crippen LogP contribution in [0.1, 0.15) is 12.5 Å². The predicted octanol–water partition coefficient (Wildman–Crippen LogP) is 6.83. The lowest BCUT2D eigenvalue weighted by Gasteiger charge is -2.39. The van der Waals surface area contributed by atoms with Crippen LogP contribution in [0.15, 0.2) is 109 Å². The van der Waals surface area contributed by atoms with Gasteiger partial charge in [0.1, 0.15) is 12.4 Å². The van der Waals surface area contributed by atoms with Gasteiger partial charge in [-0.3, -0.25) is 4.57 Å². The lowest BCUT2D eigenvalue weighted by Crippen LogP contribution is -2.43. The molecule has 1 aromatic heterocycles. The van der Waals surface area contributed by atoms with Gasteiger partial charge in [-0.15, -0.1) is 0 Å². The van der Waals surface area contributed by atoms with E-state index in [1.165, 1.54) is 0 Å². The fraction of sp³-hybridized carbons (Fsp3) is 0.100. The smallest absolute Gasteiger partial charge is 0.339 e. The first kappa shape index (κ1) is 20.3. The van der Waals surface area contributed by atoms with Crippen LogP contribution in [0, 0.1) is 0 Å². The van der Waals surface area contributed by atoms with Crippen molar-refractivity contribution < 1.29 is 14.3 Å². The third-order valence-electron chi connectivity index (χ3n) is 6.61. The highest BCUT2D eigenvalue weighted by Crippen LogP contribution is 2.49. The van der Waals surface area contributed by atoms with E-state index in [-0.39, 0.29) is 12.2 Å². The van der Waals surface area contributed by atoms with Crippen LogP contribution in [0.3, 0.4) is 0 Å². The third-order valence-corrected chi connectivity index (χ3v) is 6.61. The van der Waals surface area contributed by atoms with Crippen molar-refractivity contribution in [2.75, 3.05) is 0 Å². The predicted molar refractivity (Wildman–Crippen MR) is 135 cm³/mol. The van der Waals surface area contributed by atoms with E-state index in [0.717, 1.165) is 38.5 Å². The van der Waals surface area contributed by atoms with Gasteiger partial charge in [-0.2, -0.15) is 0 Å². The van der Waals surface area contributed by atoms with Gasteiger partial charge in [-0.25, -0.2) is 4.79 Å². The molecular weight excluding hydrogens is 422 g/mol. The summed E-state index contributed by atoms with van der Waals surface area (Å²) in [4.78, 5) is 13.2. The monoisotopic (exact) mass is 445 g/mol. The van der Waals surface area contributed by atoms with Crippen LogP contribution in [0.5, 0.6) is 5.75 Å². The second-order valence-corrected chi connectivity index (χ2v) is 8.71. The molecule has 0 radical (unpaired) electrons. The second kappa shape index (κ2) is 7.63. The number of nitrogens with zero attached hydrogens (tertiary/aromatic N) is 1. The number of hydrogen-bond acceptors (Lipinski definition) is 3. The van der Waals surface area contributed by atoms with Crippen molar-refractivity contribution in [3.8, 4) is 17.0 Å². The molecule has 5 aromatic rings. The van der Waals surface area contributed by atoms with Gasteiger partial charge in [0, 0.05) is 17.9 Å². The number of esters is 1. The molecule has 0 spiro atoms. The first-order chi connectivity index (χ1) is 16.6. The molecule has 0 amide bonds. The Balaban J connectivity index is 1.49. The fourth-order valence-electron chi connectivity index (χ4n) is 4.86. The Hall–Kier alpha value is -4.31. The lowest BCUT2D eigenvalue weighted by molar-refractivity contribution is -0.143. The van der Waals surface area contributed by atoms with Gasteiger partial charge in [0.05, 0.1) is 16.8 Å². The third kappa shape index (κ3) is 3.03. The minimum Gasteiger partial charge on any atom is -0.463 e. The number of benzene rings is 4. The van der Waals surface area contributed by atoms with Crippen LogP contribution in [-0.2, 0) is 21.9 Å². The zero-order chi connectivity index (χ0) is 23.3. The van der Waals surface area contributed by atoms with Gasteiger partial charge in [0.25, 0.3) is 0 Å². The molecule has 0 saturated heterocycles. The molecule has 0 N–H and O–H groups in total. The highest BCUT2D eigenvalue weighted by atomic mass is 16.5. The normalized spacial score (nSPS) is 16.5. The molecule has 6 rings (SSSR count). The Morgan fingerprint density at radius 1 is 0.912 bits per heavy atom. The summed E-state index contributed by atoms with van der Waals surface area (Å²) in [5.41, 5.74) is 2.97. The van der Waals surface area contributed by atoms with Crippen LogP contribution in [0.25, 0.3) is 32.9 Å². The maximum absolute atomic E-state index is 13.2. The van der Waals surface area contributed by atoms with Crippen molar-refractivity contribution in [1.29, 1.82) is 0 Å². The molecule has 1 aliphatic heterocycles. The van der Waals surface area contributed by atoms with Gasteiger partial charge in [-0.1, -0.05) is 85.4 Å². The lowest BCUT2D eigenvalue weighted by atomic mass is 9.96. The quantitative estimate of drug-likeness (QED) is 0.225. The average molecular weight is 446 g/mol. The number of carbonyl (C=O) groups excluding carboxylic acids is 1. The molecule has 4 nitrogen and oxygen atoms in total. The van der Waals surface area contributed by atoms with Gasteiger partial charge in [0.15, 0.2) is 0 Å². The Kier molecular flexibility index (Phi) is 4.56. The van der Waals surface area contributed by atoms with E-state index in [1.807, 2.05) is 79.7 Å². The van der Waals surface area contributed by atoms with Gasteiger partial charge in [-0.05, 0) is 34.5 Å². The van der Waals surface area contributed by atoms with Crippen molar-refractivity contribution in [3.05, 3.63) is 115 Å². The van der Waals surface area contributed by atoms with E-state index >= 15 is 0 Å². The number of para-hydroxylation sites is 1. The summed E-state index contributed by atoms with van der Waals surface area (Å²) in [7, 11) is 0. The number of rotatable bonds is 4. The summed E-state index contributed by atoms with van der Waals surface area (Å²) < 4.78 is 14.3. The summed E-state index contributed by atoms with van der Waals surface area (Å²) in [5.74, 6) is 0.229. The van der Waals surface area contributed by atoms with E-state index in [0.29, 0.717) is 5.75 Å². The molecule has 0 fully saturated rings. The van der Waals surface area contributed by atoms with Gasteiger partial charge < -0.3 is 9.47 Å². The highest BCUT2D eigenvalue weighted by molar-refractivity contribution is 6.03. The zero-order valence-corrected chi connectivity index (χ0v) is 18.8. The Morgan fingerprint density at radius 3 is 2.44 bits per heavy atom. The Morgan fingerprint density at radius 2 is 1.62 bits per heavy atom. The first-order valence-electron chi connectivity index (χ1n) is 11.3. The number of ether oxygens (including phenoxy) is 2. The van der Waals surface area contributed by atoms with Crippen molar-refractivity contribution in [3.63, 3.8) is 0 Å². The minimum absolute atomic E-state index is 0.176. The molecule has 4 heteroatoms. The summed E-state index contributed by atoms with van der Waals surface area (Å²) in [6.45, 7) is 6.22. The molecule has 2 heterocycles. The summed E-state index contributed by atoms with van der Waals surface area (Å²) in [6.07, 6.45) is 0. The van der Waals surface area contributed by atoms with Crippen LogP contribution >= 0.6 is 0 Å². The first-order valence-corrected chi connectivity index (χ1v) is 11.3. The molecule has 166 valence electrons. The van der Waals surface area contributed by atoms with E-state index in [9.17, 15) is 4.79 Å². The molecule has 4 aromatic carbocycles. The molecular formula is C30H23NO3. The molecule has 0 saturated carbocycles. The van der Waals surface area contributed by atoms with E-state index in [1.54, 1.807) is 0 Å². The molecule has 1 atom stereocenters. The van der Waals surface area contributed by atoms with Gasteiger partial charge >= 0.3 is 5.97 Å². The highest BCUT2D eigenvalue weighted by Gasteiger charge is 2.43. The van der Waals surface area contributed by atoms with Crippen molar-refractivity contribution in [2.24, 2.45) is 0 Å². The van der Waals surface area contributed by atoms with E-state index in [2.05, 4.69) is 35.4 Å². The molecule has 0 bridgehead atoms. The largest absolute Gasteiger partial charge is 0.463 e. The average Bonchev–Trinajstić information content (AvgIpc) is 3.28. The summed E-state index contributed by atoms with van der Waals surface area (Å²) in [6, 6.07) is 32.2. The molecule has 1 aliphatic rings. The molecule has 1 unspecified atom stereocenters. The Bertz CT molecular complexity index is 1580. The maximum atomic E-state index is 13.2. The summed E-state index contributed by atoms with van der Waals surface area (Å²) in [5, 5.41) is 3.30. The zero-order valence-electron chi connectivity index (χ0n) is 18.8. The van der Waals surface area contributed by atoms with Crippen LogP contribution < -0.4 is 4.74 Å². The van der Waals surface area contributed by atoms with Crippen molar-refractivity contribution in [2.45, 2.75) is 19.3 Å². The number of aromatic nitrogens is 1. The minimum atomic E-state index is -1.15. The van der Waals surface area contributed by atoms with Crippen molar-refractivity contribution in [1.82, 2.24) is 4.57 Å². The van der Waals surface area contributed by atoms with E-state index in [4.69, 9.17) is 9.47 Å². The Labute approximate surface area is 197 Å². The van der Waals surface area contributed by atoms with Crippen molar-refractivity contribution >= 4 is 27.6 Å². The summed E-state index contributed by atoms with van der Waals surface area (Å²) >= 11 is 0. The van der Waals surface area contributed by atoms with Crippen LogP contribution in [0.4, 0.5) is 0 Å². The SMILES string of the molecule is C=C(C(=O)OCc1ccccc1)C1(C)Oc2ccc3ccccc3c2-c2cc3ccccc3n21. The number of carbonyl (C=O) groups is 1. The molecule has 34 heavy (non-hydrogen) atoms. The maximum Gasteiger partial charge on any atom is 0.339 e. The van der Waals surface area contributed by atoms with Crippen LogP contribution in [0.2, 0.25) is 0 Å². The standard InChI is InChI=1S/C30H23NO3/c1-20(29(32)33-19-21-10-4-3-5-11-21)30(2)31-25-15-9-7-13-23(25)18-26(31)28-24-14-8-6-12-22(24)16-17-27(28)34-30/h3-18H,1,19H2,2H3. The number of hydrogen-bond donors (Lipinski definition) is 0. The molecule has 0 aliphatic carbocycles. The fourth-order valence-corrected chi connectivity index (χ4v) is 4.86.